The van der Waals surface area contributed by atoms with E-state index < -0.39 is 0 Å². The second kappa shape index (κ2) is 7.14. The first-order valence-corrected chi connectivity index (χ1v) is 8.61. The molecule has 1 aliphatic rings. The van der Waals surface area contributed by atoms with Crippen LogP contribution in [0.2, 0.25) is 0 Å². The van der Waals surface area contributed by atoms with Gasteiger partial charge in [-0.15, -0.1) is 11.3 Å². The van der Waals surface area contributed by atoms with E-state index >= 15 is 0 Å². The Balaban J connectivity index is 1.93. The predicted octanol–water partition coefficient (Wildman–Crippen LogP) is 2.61. The van der Waals surface area contributed by atoms with E-state index in [9.17, 15) is 4.79 Å². The normalized spacial score (nSPS) is 18.2. The number of amides is 1. The first kappa shape index (κ1) is 16.0. The molecule has 3 rings (SSSR count). The number of thiazole rings is 1. The maximum atomic E-state index is 12.3. The molecule has 0 spiro atoms. The minimum Gasteiger partial charge on any atom is -0.375 e. The van der Waals surface area contributed by atoms with Crippen molar-refractivity contribution in [3.63, 3.8) is 0 Å². The summed E-state index contributed by atoms with van der Waals surface area (Å²) in [5.41, 5.74) is 1.72. The Morgan fingerprint density at radius 2 is 2.30 bits per heavy atom. The summed E-state index contributed by atoms with van der Waals surface area (Å²) in [4.78, 5) is 27.6. The zero-order chi connectivity index (χ0) is 16.2. The third-order valence-electron chi connectivity index (χ3n) is 3.94. The molecule has 0 N–H and O–H groups in total. The molecule has 1 fully saturated rings. The van der Waals surface area contributed by atoms with E-state index in [-0.39, 0.29) is 18.6 Å². The van der Waals surface area contributed by atoms with E-state index in [4.69, 9.17) is 4.74 Å². The predicted molar refractivity (Wildman–Crippen MR) is 88.1 cm³/mol. The van der Waals surface area contributed by atoms with Crippen molar-refractivity contribution in [1.29, 1.82) is 0 Å². The minimum absolute atomic E-state index is 0.00758. The molecule has 3 heterocycles. The van der Waals surface area contributed by atoms with Crippen molar-refractivity contribution in [2.75, 3.05) is 20.3 Å². The number of nitrogens with zero attached hydrogens (tertiary/aromatic N) is 4. The number of ether oxygens (including phenoxy) is 1. The lowest BCUT2D eigenvalue weighted by Crippen LogP contribution is -2.40. The lowest BCUT2D eigenvalue weighted by Gasteiger charge is -2.35. The summed E-state index contributed by atoms with van der Waals surface area (Å²) in [6.45, 7) is 2.74. The van der Waals surface area contributed by atoms with Gasteiger partial charge in [0.1, 0.15) is 23.1 Å². The molecule has 1 saturated heterocycles. The number of aryl methyl sites for hydroxylation is 1. The molecule has 0 radical (unpaired) electrons. The number of carbonyl (C=O) groups is 1. The van der Waals surface area contributed by atoms with Crippen LogP contribution in [0.25, 0.3) is 10.7 Å². The number of aromatic nitrogens is 3. The summed E-state index contributed by atoms with van der Waals surface area (Å²) in [5.74, 6) is 0.724. The molecular formula is C16H20N4O2S. The summed E-state index contributed by atoms with van der Waals surface area (Å²) < 4.78 is 5.02. The standard InChI is InChI=1S/C16H20N4O2S/c1-11-18-12(9-13(19-11)16-17-6-8-23-16)14-5-3-4-7-20(14)15(21)10-22-2/h6,8-9,14H,3-5,7,10H2,1-2H3. The van der Waals surface area contributed by atoms with Crippen LogP contribution in [-0.2, 0) is 9.53 Å². The monoisotopic (exact) mass is 332 g/mol. The van der Waals surface area contributed by atoms with Gasteiger partial charge in [0.15, 0.2) is 0 Å². The summed E-state index contributed by atoms with van der Waals surface area (Å²) in [5, 5.41) is 2.81. The van der Waals surface area contributed by atoms with E-state index in [0.717, 1.165) is 42.2 Å². The molecule has 6 nitrogen and oxygen atoms in total. The third kappa shape index (κ3) is 3.56. The summed E-state index contributed by atoms with van der Waals surface area (Å²) in [6, 6.07) is 1.96. The zero-order valence-electron chi connectivity index (χ0n) is 13.4. The Bertz CT molecular complexity index is 675. The van der Waals surface area contributed by atoms with Gasteiger partial charge in [0.25, 0.3) is 0 Å². The van der Waals surface area contributed by atoms with Crippen molar-refractivity contribution in [2.24, 2.45) is 0 Å². The number of hydrogen-bond acceptors (Lipinski definition) is 6. The summed E-state index contributed by atoms with van der Waals surface area (Å²) in [6.07, 6.45) is 4.81. The van der Waals surface area contributed by atoms with Crippen molar-refractivity contribution in [3.8, 4) is 10.7 Å². The van der Waals surface area contributed by atoms with Gasteiger partial charge in [-0.2, -0.15) is 0 Å². The van der Waals surface area contributed by atoms with E-state index in [1.165, 1.54) is 0 Å². The zero-order valence-corrected chi connectivity index (χ0v) is 14.2. The van der Waals surface area contributed by atoms with Crippen LogP contribution >= 0.6 is 11.3 Å². The lowest BCUT2D eigenvalue weighted by molar-refractivity contribution is -0.139. The van der Waals surface area contributed by atoms with Crippen molar-refractivity contribution in [2.45, 2.75) is 32.2 Å². The minimum atomic E-state index is -0.00758. The fourth-order valence-electron chi connectivity index (χ4n) is 2.96. The van der Waals surface area contributed by atoms with Gasteiger partial charge in [-0.25, -0.2) is 15.0 Å². The van der Waals surface area contributed by atoms with Crippen LogP contribution in [0.4, 0.5) is 0 Å². The molecule has 0 bridgehead atoms. The highest BCUT2D eigenvalue weighted by Gasteiger charge is 2.29. The van der Waals surface area contributed by atoms with Crippen LogP contribution in [0.15, 0.2) is 17.6 Å². The first-order valence-electron chi connectivity index (χ1n) is 7.73. The number of rotatable bonds is 4. The molecule has 1 amide bonds. The van der Waals surface area contributed by atoms with E-state index in [2.05, 4.69) is 15.0 Å². The smallest absolute Gasteiger partial charge is 0.249 e. The fraction of sp³-hybridized carbons (Fsp3) is 0.500. The van der Waals surface area contributed by atoms with E-state index in [1.807, 2.05) is 23.3 Å². The average Bonchev–Trinajstić information content (AvgIpc) is 3.09. The van der Waals surface area contributed by atoms with Crippen molar-refractivity contribution < 1.29 is 9.53 Å². The van der Waals surface area contributed by atoms with E-state index in [1.54, 1.807) is 24.6 Å². The molecule has 1 aliphatic heterocycles. The molecule has 0 saturated carbocycles. The summed E-state index contributed by atoms with van der Waals surface area (Å²) in [7, 11) is 1.55. The average molecular weight is 332 g/mol. The second-order valence-electron chi connectivity index (χ2n) is 5.59. The van der Waals surface area contributed by atoms with Gasteiger partial charge in [-0.05, 0) is 32.3 Å². The Morgan fingerprint density at radius 1 is 1.43 bits per heavy atom. The molecule has 122 valence electrons. The highest BCUT2D eigenvalue weighted by molar-refractivity contribution is 7.13. The maximum absolute atomic E-state index is 12.3. The summed E-state index contributed by atoms with van der Waals surface area (Å²) >= 11 is 1.55. The van der Waals surface area contributed by atoms with Gasteiger partial charge < -0.3 is 9.64 Å². The second-order valence-corrected chi connectivity index (χ2v) is 6.49. The molecule has 0 aliphatic carbocycles. The Hall–Kier alpha value is -1.86. The number of hydrogen-bond donors (Lipinski definition) is 0. The van der Waals surface area contributed by atoms with Gasteiger partial charge in [0, 0.05) is 25.2 Å². The van der Waals surface area contributed by atoms with Gasteiger partial charge in [0.05, 0.1) is 11.7 Å². The van der Waals surface area contributed by atoms with Crippen LogP contribution in [0.3, 0.4) is 0 Å². The molecule has 1 atom stereocenters. The van der Waals surface area contributed by atoms with Gasteiger partial charge in [-0.3, -0.25) is 4.79 Å². The molecule has 7 heteroatoms. The Kier molecular flexibility index (Phi) is 4.97. The molecular weight excluding hydrogens is 312 g/mol. The first-order chi connectivity index (χ1) is 11.2. The maximum Gasteiger partial charge on any atom is 0.249 e. The number of piperidine rings is 1. The quantitative estimate of drug-likeness (QED) is 0.861. The topological polar surface area (TPSA) is 68.2 Å². The highest BCUT2D eigenvalue weighted by atomic mass is 32.1. The molecule has 23 heavy (non-hydrogen) atoms. The fourth-order valence-corrected chi connectivity index (χ4v) is 3.56. The Morgan fingerprint density at radius 3 is 3.04 bits per heavy atom. The highest BCUT2D eigenvalue weighted by Crippen LogP contribution is 2.32. The van der Waals surface area contributed by atoms with Crippen LogP contribution in [0.5, 0.6) is 0 Å². The molecule has 0 aromatic carbocycles. The van der Waals surface area contributed by atoms with Gasteiger partial charge in [-0.1, -0.05) is 0 Å². The van der Waals surface area contributed by atoms with Crippen LogP contribution in [-0.4, -0.2) is 46.0 Å². The number of methoxy groups -OCH3 is 1. The number of carbonyl (C=O) groups excluding carboxylic acids is 1. The van der Waals surface area contributed by atoms with Crippen molar-refractivity contribution in [3.05, 3.63) is 29.2 Å². The number of likely N-dealkylation sites (tertiary alicyclic amines) is 1. The molecule has 2 aromatic rings. The SMILES string of the molecule is COCC(=O)N1CCCCC1c1cc(-c2nccs2)nc(C)n1. The van der Waals surface area contributed by atoms with Gasteiger partial charge >= 0.3 is 0 Å². The van der Waals surface area contributed by atoms with Crippen molar-refractivity contribution in [1.82, 2.24) is 19.9 Å². The largest absolute Gasteiger partial charge is 0.375 e. The third-order valence-corrected chi connectivity index (χ3v) is 4.74. The Labute approximate surface area is 139 Å². The van der Waals surface area contributed by atoms with Crippen molar-refractivity contribution >= 4 is 17.2 Å². The lowest BCUT2D eigenvalue weighted by atomic mass is 9.98. The molecule has 1 unspecified atom stereocenters. The van der Waals surface area contributed by atoms with Gasteiger partial charge in [0.2, 0.25) is 5.91 Å². The van der Waals surface area contributed by atoms with Crippen LogP contribution in [0, 0.1) is 6.92 Å². The van der Waals surface area contributed by atoms with Crippen LogP contribution in [0.1, 0.15) is 36.8 Å². The van der Waals surface area contributed by atoms with E-state index in [0.29, 0.717) is 5.82 Å². The molecule has 2 aromatic heterocycles. The van der Waals surface area contributed by atoms with Crippen LogP contribution < -0.4 is 0 Å².